The smallest absolute Gasteiger partial charge is 0.338 e. The highest BCUT2D eigenvalue weighted by molar-refractivity contribution is 5.92. The Labute approximate surface area is 106 Å². The van der Waals surface area contributed by atoms with Crippen LogP contribution in [0.1, 0.15) is 34.8 Å². The number of carbonyl (C=O) groups is 1. The second-order valence-corrected chi connectivity index (χ2v) is 3.35. The van der Waals surface area contributed by atoms with Crippen LogP contribution in [-0.2, 0) is 4.74 Å². The zero-order valence-electron chi connectivity index (χ0n) is 9.72. The van der Waals surface area contributed by atoms with Crippen molar-refractivity contribution in [1.29, 1.82) is 5.26 Å². The number of alkyl halides is 2. The van der Waals surface area contributed by atoms with E-state index >= 15 is 0 Å². The third-order valence-electron chi connectivity index (χ3n) is 2.22. The Hall–Kier alpha value is -2.56. The van der Waals surface area contributed by atoms with Gasteiger partial charge >= 0.3 is 5.97 Å². The van der Waals surface area contributed by atoms with Gasteiger partial charge in [-0.3, -0.25) is 10.1 Å². The van der Waals surface area contributed by atoms with Crippen LogP contribution in [-0.4, -0.2) is 17.5 Å². The van der Waals surface area contributed by atoms with Crippen LogP contribution >= 0.6 is 0 Å². The predicted octanol–water partition coefficient (Wildman–Crippen LogP) is 2.58. The van der Waals surface area contributed by atoms with E-state index in [1.165, 1.54) is 13.0 Å². The van der Waals surface area contributed by atoms with E-state index in [9.17, 15) is 23.7 Å². The van der Waals surface area contributed by atoms with Crippen molar-refractivity contribution in [3.63, 3.8) is 0 Å². The highest BCUT2D eigenvalue weighted by Crippen LogP contribution is 2.30. The molecule has 0 aliphatic carbocycles. The lowest BCUT2D eigenvalue weighted by Crippen LogP contribution is -2.10. The van der Waals surface area contributed by atoms with Crippen LogP contribution in [0.2, 0.25) is 0 Å². The molecule has 0 saturated carbocycles. The first kappa shape index (κ1) is 14.5. The Morgan fingerprint density at radius 2 is 2.21 bits per heavy atom. The summed E-state index contributed by atoms with van der Waals surface area (Å²) in [7, 11) is 0. The normalized spacial score (nSPS) is 10.1. The minimum Gasteiger partial charge on any atom is -0.462 e. The Morgan fingerprint density at radius 3 is 2.63 bits per heavy atom. The molecule has 0 heterocycles. The highest BCUT2D eigenvalue weighted by atomic mass is 19.3. The molecule has 8 heteroatoms. The Morgan fingerprint density at radius 1 is 1.58 bits per heavy atom. The fraction of sp³-hybridized carbons (Fsp3) is 0.273. The molecule has 0 spiro atoms. The van der Waals surface area contributed by atoms with Gasteiger partial charge in [0.05, 0.1) is 17.1 Å². The van der Waals surface area contributed by atoms with E-state index in [2.05, 4.69) is 4.74 Å². The third-order valence-corrected chi connectivity index (χ3v) is 2.22. The van der Waals surface area contributed by atoms with Crippen molar-refractivity contribution in [2.75, 3.05) is 6.61 Å². The van der Waals surface area contributed by atoms with Gasteiger partial charge in [0.2, 0.25) is 0 Å². The van der Waals surface area contributed by atoms with Gasteiger partial charge < -0.3 is 4.74 Å². The van der Waals surface area contributed by atoms with E-state index in [-0.39, 0.29) is 6.61 Å². The fourth-order valence-electron chi connectivity index (χ4n) is 1.41. The monoisotopic (exact) mass is 270 g/mol. The van der Waals surface area contributed by atoms with Gasteiger partial charge in [-0.15, -0.1) is 0 Å². The van der Waals surface area contributed by atoms with E-state index in [1.807, 2.05) is 0 Å². The topological polar surface area (TPSA) is 93.2 Å². The van der Waals surface area contributed by atoms with E-state index in [0.717, 1.165) is 0 Å². The van der Waals surface area contributed by atoms with Gasteiger partial charge in [-0.25, -0.2) is 13.6 Å². The van der Waals surface area contributed by atoms with E-state index in [4.69, 9.17) is 5.26 Å². The first-order valence-corrected chi connectivity index (χ1v) is 5.10. The summed E-state index contributed by atoms with van der Waals surface area (Å²) in [6.45, 7) is 1.41. The average molecular weight is 270 g/mol. The number of hydrogen-bond acceptors (Lipinski definition) is 5. The Bertz CT molecular complexity index is 567. The SMILES string of the molecule is CCOC(=O)c1cc([N+](=O)[O-])c(C#N)cc1C(F)F. The molecule has 1 aromatic carbocycles. The number of hydrogen-bond donors (Lipinski definition) is 0. The first-order valence-electron chi connectivity index (χ1n) is 5.10. The molecule has 6 nitrogen and oxygen atoms in total. The zero-order valence-corrected chi connectivity index (χ0v) is 9.72. The molecule has 0 aromatic heterocycles. The van der Waals surface area contributed by atoms with Crippen molar-refractivity contribution in [1.82, 2.24) is 0 Å². The third kappa shape index (κ3) is 3.01. The van der Waals surface area contributed by atoms with Gasteiger partial charge in [-0.05, 0) is 13.0 Å². The summed E-state index contributed by atoms with van der Waals surface area (Å²) in [5.41, 5.74) is -2.62. The van der Waals surface area contributed by atoms with Gasteiger partial charge in [0, 0.05) is 11.6 Å². The summed E-state index contributed by atoms with van der Waals surface area (Å²) in [4.78, 5) is 21.3. The van der Waals surface area contributed by atoms with Crippen molar-refractivity contribution >= 4 is 11.7 Å². The van der Waals surface area contributed by atoms with E-state index in [0.29, 0.717) is 12.1 Å². The number of ether oxygens (including phenoxy) is 1. The molecule has 1 aromatic rings. The van der Waals surface area contributed by atoms with Crippen LogP contribution in [0, 0.1) is 21.4 Å². The molecule has 0 saturated heterocycles. The summed E-state index contributed by atoms with van der Waals surface area (Å²) in [5.74, 6) is -1.09. The van der Waals surface area contributed by atoms with Crippen molar-refractivity contribution in [3.8, 4) is 6.07 Å². The minimum absolute atomic E-state index is 0.0602. The second kappa shape index (κ2) is 5.86. The molecule has 0 aliphatic heterocycles. The van der Waals surface area contributed by atoms with Gasteiger partial charge in [-0.2, -0.15) is 5.26 Å². The van der Waals surface area contributed by atoms with Crippen LogP contribution in [0.25, 0.3) is 0 Å². The van der Waals surface area contributed by atoms with Crippen molar-refractivity contribution < 1.29 is 23.2 Å². The average Bonchev–Trinajstić information content (AvgIpc) is 2.37. The largest absolute Gasteiger partial charge is 0.462 e. The summed E-state index contributed by atoms with van der Waals surface area (Å²) in [6.07, 6.45) is -3.05. The van der Waals surface area contributed by atoms with E-state index < -0.39 is 39.7 Å². The van der Waals surface area contributed by atoms with Crippen molar-refractivity contribution in [2.45, 2.75) is 13.3 Å². The lowest BCUT2D eigenvalue weighted by molar-refractivity contribution is -0.385. The standard InChI is InChI=1S/C11H8F2N2O4/c1-2-19-11(16)8-4-9(15(17)18)6(5-14)3-7(8)10(12)13/h3-4,10H,2H2,1H3. The quantitative estimate of drug-likeness (QED) is 0.476. The molecule has 0 aliphatic rings. The van der Waals surface area contributed by atoms with Gasteiger partial charge in [-0.1, -0.05) is 0 Å². The maximum Gasteiger partial charge on any atom is 0.338 e. The van der Waals surface area contributed by atoms with Crippen LogP contribution in [0.5, 0.6) is 0 Å². The van der Waals surface area contributed by atoms with Crippen molar-refractivity contribution in [2.24, 2.45) is 0 Å². The molecule has 0 atom stereocenters. The van der Waals surface area contributed by atoms with Crippen molar-refractivity contribution in [3.05, 3.63) is 38.9 Å². The lowest BCUT2D eigenvalue weighted by atomic mass is 10.0. The second-order valence-electron chi connectivity index (χ2n) is 3.35. The van der Waals surface area contributed by atoms with Gasteiger partial charge in [0.15, 0.2) is 0 Å². The number of esters is 1. The molecule has 19 heavy (non-hydrogen) atoms. The van der Waals surface area contributed by atoms with Crippen LogP contribution < -0.4 is 0 Å². The molecular weight excluding hydrogens is 262 g/mol. The molecule has 0 unspecified atom stereocenters. The lowest BCUT2D eigenvalue weighted by Gasteiger charge is -2.08. The molecule has 1 rings (SSSR count). The van der Waals surface area contributed by atoms with Crippen LogP contribution in [0.15, 0.2) is 12.1 Å². The molecule has 0 amide bonds. The number of nitriles is 1. The molecule has 0 radical (unpaired) electrons. The number of benzene rings is 1. The molecule has 0 N–H and O–H groups in total. The molecular formula is C11H8F2N2O4. The number of nitrogens with zero attached hydrogens (tertiary/aromatic N) is 2. The molecule has 0 fully saturated rings. The predicted molar refractivity (Wildman–Crippen MR) is 58.7 cm³/mol. The molecule has 100 valence electrons. The maximum atomic E-state index is 12.8. The fourth-order valence-corrected chi connectivity index (χ4v) is 1.41. The number of nitro groups is 1. The summed E-state index contributed by atoms with van der Waals surface area (Å²) < 4.78 is 30.1. The van der Waals surface area contributed by atoms with E-state index in [1.54, 1.807) is 0 Å². The Balaban J connectivity index is 3.51. The number of nitro benzene ring substituents is 1. The Kier molecular flexibility index (Phi) is 4.47. The zero-order chi connectivity index (χ0) is 14.6. The number of halogens is 2. The van der Waals surface area contributed by atoms with Crippen LogP contribution in [0.3, 0.4) is 0 Å². The summed E-state index contributed by atoms with van der Waals surface area (Å²) in [6, 6.07) is 2.71. The van der Waals surface area contributed by atoms with Gasteiger partial charge in [0.25, 0.3) is 12.1 Å². The van der Waals surface area contributed by atoms with Gasteiger partial charge in [0.1, 0.15) is 11.6 Å². The number of rotatable bonds is 4. The molecule has 0 bridgehead atoms. The summed E-state index contributed by atoms with van der Waals surface area (Å²) >= 11 is 0. The highest BCUT2D eigenvalue weighted by Gasteiger charge is 2.26. The maximum absolute atomic E-state index is 12.8. The van der Waals surface area contributed by atoms with Crippen LogP contribution in [0.4, 0.5) is 14.5 Å². The minimum atomic E-state index is -3.05. The number of carbonyl (C=O) groups excluding carboxylic acids is 1. The first-order chi connectivity index (χ1) is 8.92. The summed E-state index contributed by atoms with van der Waals surface area (Å²) in [5, 5.41) is 19.4.